The number of nitrogens with two attached hydrogens (primary N) is 1. The van der Waals surface area contributed by atoms with E-state index in [0.29, 0.717) is 13.2 Å². The second-order valence-electron chi connectivity index (χ2n) is 3.68. The molecule has 0 amide bonds. The summed E-state index contributed by atoms with van der Waals surface area (Å²) in [4.78, 5) is 0. The molecule has 1 rings (SSSR count). The van der Waals surface area contributed by atoms with Gasteiger partial charge in [0.25, 0.3) is 0 Å². The first kappa shape index (κ1) is 14.0. The zero-order chi connectivity index (χ0) is 12.5. The van der Waals surface area contributed by atoms with Gasteiger partial charge in [0.2, 0.25) is 0 Å². The van der Waals surface area contributed by atoms with E-state index in [4.69, 9.17) is 19.9 Å². The van der Waals surface area contributed by atoms with E-state index in [-0.39, 0.29) is 12.5 Å². The third kappa shape index (κ3) is 6.26. The highest BCUT2D eigenvalue weighted by atomic mass is 16.7. The van der Waals surface area contributed by atoms with Gasteiger partial charge >= 0.3 is 0 Å². The second-order valence-corrected chi connectivity index (χ2v) is 3.68. The van der Waals surface area contributed by atoms with Gasteiger partial charge in [0, 0.05) is 0 Å². The van der Waals surface area contributed by atoms with Crippen molar-refractivity contribution < 1.29 is 14.2 Å². The van der Waals surface area contributed by atoms with Crippen molar-refractivity contribution in [1.82, 2.24) is 0 Å². The summed E-state index contributed by atoms with van der Waals surface area (Å²) in [5.74, 6) is 0.843. The van der Waals surface area contributed by atoms with Gasteiger partial charge in [-0.2, -0.15) is 0 Å². The lowest BCUT2D eigenvalue weighted by Crippen LogP contribution is -2.29. The quantitative estimate of drug-likeness (QED) is 0.558. The lowest BCUT2D eigenvalue weighted by molar-refractivity contribution is -0.162. The first-order chi connectivity index (χ1) is 8.22. The Balaban J connectivity index is 2.08. The van der Waals surface area contributed by atoms with Crippen LogP contribution in [0.15, 0.2) is 30.3 Å². The number of ether oxygens (including phenoxy) is 3. The standard InChI is InChI=1S/C13H21NO3/c1-3-13(14)17-11(2)15-9-10-16-12-7-5-4-6-8-12/h4-8,11,13H,3,9-10,14H2,1-2H3. The Hall–Kier alpha value is -1.10. The Bertz CT molecular complexity index is 292. The maximum atomic E-state index is 5.64. The largest absolute Gasteiger partial charge is 0.491 e. The van der Waals surface area contributed by atoms with E-state index in [0.717, 1.165) is 12.2 Å². The third-order valence-corrected chi connectivity index (χ3v) is 2.22. The molecule has 2 unspecified atom stereocenters. The second kappa shape index (κ2) is 8.06. The summed E-state index contributed by atoms with van der Waals surface area (Å²) in [6.07, 6.45) is 0.207. The Morgan fingerprint density at radius 2 is 1.88 bits per heavy atom. The summed E-state index contributed by atoms with van der Waals surface area (Å²) >= 11 is 0. The van der Waals surface area contributed by atoms with E-state index in [9.17, 15) is 0 Å². The molecule has 0 heterocycles. The first-order valence-electron chi connectivity index (χ1n) is 5.93. The Morgan fingerprint density at radius 1 is 1.18 bits per heavy atom. The summed E-state index contributed by atoms with van der Waals surface area (Å²) in [6, 6.07) is 9.63. The third-order valence-electron chi connectivity index (χ3n) is 2.22. The van der Waals surface area contributed by atoms with Crippen molar-refractivity contribution in [2.45, 2.75) is 32.8 Å². The molecule has 0 aliphatic carbocycles. The van der Waals surface area contributed by atoms with E-state index in [1.165, 1.54) is 0 Å². The van der Waals surface area contributed by atoms with Gasteiger partial charge in [0.15, 0.2) is 6.29 Å². The van der Waals surface area contributed by atoms with Crippen molar-refractivity contribution in [3.63, 3.8) is 0 Å². The molecule has 0 spiro atoms. The smallest absolute Gasteiger partial charge is 0.157 e. The number of hydrogen-bond acceptors (Lipinski definition) is 4. The fourth-order valence-electron chi connectivity index (χ4n) is 1.27. The lowest BCUT2D eigenvalue weighted by Gasteiger charge is -2.18. The van der Waals surface area contributed by atoms with Crippen LogP contribution in [0.2, 0.25) is 0 Å². The number of rotatable bonds is 8. The molecule has 0 fully saturated rings. The number of hydrogen-bond donors (Lipinski definition) is 1. The van der Waals surface area contributed by atoms with Crippen molar-refractivity contribution in [2.24, 2.45) is 5.73 Å². The van der Waals surface area contributed by atoms with Crippen molar-refractivity contribution in [1.29, 1.82) is 0 Å². The SMILES string of the molecule is CCC(N)OC(C)OCCOc1ccccc1. The van der Waals surface area contributed by atoms with Gasteiger partial charge in [-0.3, -0.25) is 0 Å². The van der Waals surface area contributed by atoms with Gasteiger partial charge in [0.05, 0.1) is 6.61 Å². The van der Waals surface area contributed by atoms with Crippen LogP contribution in [0.4, 0.5) is 0 Å². The molecule has 2 atom stereocenters. The van der Waals surface area contributed by atoms with Crippen LogP contribution in [0.3, 0.4) is 0 Å². The molecule has 4 nitrogen and oxygen atoms in total. The molecule has 0 saturated carbocycles. The monoisotopic (exact) mass is 239 g/mol. The van der Waals surface area contributed by atoms with Gasteiger partial charge in [-0.25, -0.2) is 0 Å². The zero-order valence-electron chi connectivity index (χ0n) is 10.5. The molecular formula is C13H21NO3. The molecular weight excluding hydrogens is 218 g/mol. The Kier molecular flexibility index (Phi) is 6.62. The average molecular weight is 239 g/mol. The van der Waals surface area contributed by atoms with Crippen LogP contribution in [0.25, 0.3) is 0 Å². The van der Waals surface area contributed by atoms with Gasteiger partial charge < -0.3 is 19.9 Å². The zero-order valence-corrected chi connectivity index (χ0v) is 10.5. The maximum Gasteiger partial charge on any atom is 0.157 e. The van der Waals surface area contributed by atoms with Gasteiger partial charge in [-0.05, 0) is 25.5 Å². The average Bonchev–Trinajstić information content (AvgIpc) is 2.36. The predicted molar refractivity (Wildman–Crippen MR) is 66.7 cm³/mol. The maximum absolute atomic E-state index is 5.64. The summed E-state index contributed by atoms with van der Waals surface area (Å²) in [6.45, 7) is 4.78. The summed E-state index contributed by atoms with van der Waals surface area (Å²) in [7, 11) is 0. The predicted octanol–water partition coefficient (Wildman–Crippen LogP) is 2.14. The van der Waals surface area contributed by atoms with Crippen LogP contribution in [-0.4, -0.2) is 25.7 Å². The van der Waals surface area contributed by atoms with Crippen LogP contribution in [0.1, 0.15) is 20.3 Å². The molecule has 2 N–H and O–H groups in total. The van der Waals surface area contributed by atoms with Crippen LogP contribution < -0.4 is 10.5 Å². The van der Waals surface area contributed by atoms with E-state index >= 15 is 0 Å². The molecule has 0 aromatic heterocycles. The normalized spacial score (nSPS) is 14.3. The molecule has 96 valence electrons. The molecule has 0 aliphatic rings. The summed E-state index contributed by atoms with van der Waals surface area (Å²) in [5.41, 5.74) is 5.64. The molecule has 4 heteroatoms. The van der Waals surface area contributed by atoms with Crippen molar-refractivity contribution >= 4 is 0 Å². The van der Waals surface area contributed by atoms with Gasteiger partial charge in [-0.15, -0.1) is 0 Å². The van der Waals surface area contributed by atoms with Crippen molar-refractivity contribution in [2.75, 3.05) is 13.2 Å². The summed E-state index contributed by atoms with van der Waals surface area (Å²) in [5, 5.41) is 0. The highest BCUT2D eigenvalue weighted by Gasteiger charge is 2.06. The van der Waals surface area contributed by atoms with E-state index < -0.39 is 0 Å². The van der Waals surface area contributed by atoms with E-state index in [2.05, 4.69) is 0 Å². The van der Waals surface area contributed by atoms with Gasteiger partial charge in [-0.1, -0.05) is 25.1 Å². The Labute approximate surface area is 103 Å². The first-order valence-corrected chi connectivity index (χ1v) is 5.93. The van der Waals surface area contributed by atoms with Crippen LogP contribution in [-0.2, 0) is 9.47 Å². The Morgan fingerprint density at radius 3 is 2.53 bits per heavy atom. The lowest BCUT2D eigenvalue weighted by atomic mass is 10.3. The fourth-order valence-corrected chi connectivity index (χ4v) is 1.27. The molecule has 1 aromatic rings. The van der Waals surface area contributed by atoms with E-state index in [1.54, 1.807) is 0 Å². The van der Waals surface area contributed by atoms with Crippen molar-refractivity contribution in [3.8, 4) is 5.75 Å². The van der Waals surface area contributed by atoms with E-state index in [1.807, 2.05) is 44.2 Å². The highest BCUT2D eigenvalue weighted by Crippen LogP contribution is 2.08. The molecule has 0 radical (unpaired) electrons. The van der Waals surface area contributed by atoms with Crippen LogP contribution in [0.5, 0.6) is 5.75 Å². The van der Waals surface area contributed by atoms with Crippen LogP contribution in [0, 0.1) is 0 Å². The molecule has 1 aromatic carbocycles. The number of para-hydroxylation sites is 1. The highest BCUT2D eigenvalue weighted by molar-refractivity contribution is 5.20. The minimum Gasteiger partial charge on any atom is -0.491 e. The van der Waals surface area contributed by atoms with Crippen LogP contribution >= 0.6 is 0 Å². The topological polar surface area (TPSA) is 53.7 Å². The molecule has 0 bridgehead atoms. The fraction of sp³-hybridized carbons (Fsp3) is 0.538. The molecule has 17 heavy (non-hydrogen) atoms. The molecule has 0 saturated heterocycles. The molecule has 0 aliphatic heterocycles. The number of benzene rings is 1. The minimum absolute atomic E-state index is 0.264. The van der Waals surface area contributed by atoms with Crippen molar-refractivity contribution in [3.05, 3.63) is 30.3 Å². The van der Waals surface area contributed by atoms with Gasteiger partial charge in [0.1, 0.15) is 18.6 Å². The summed E-state index contributed by atoms with van der Waals surface area (Å²) < 4.78 is 16.2. The minimum atomic E-state index is -0.302.